The van der Waals surface area contributed by atoms with E-state index in [1.54, 1.807) is 26.3 Å². The van der Waals surface area contributed by atoms with Gasteiger partial charge in [-0.05, 0) is 41.8 Å². The Hall–Kier alpha value is -4.13. The van der Waals surface area contributed by atoms with Crippen LogP contribution in [0, 0.1) is 0 Å². The lowest BCUT2D eigenvalue weighted by molar-refractivity contribution is 0.0525. The molecule has 2 aromatic heterocycles. The Kier molecular flexibility index (Phi) is 7.22. The summed E-state index contributed by atoms with van der Waals surface area (Å²) in [6.45, 7) is 3.35. The predicted octanol–water partition coefficient (Wildman–Crippen LogP) is 4.82. The minimum absolute atomic E-state index is 0.311. The number of carbonyl (C=O) groups excluding carboxylic acids is 1. The van der Waals surface area contributed by atoms with Crippen LogP contribution in [0.1, 0.15) is 28.4 Å². The molecule has 0 bridgehead atoms. The van der Waals surface area contributed by atoms with E-state index in [-0.39, 0.29) is 5.97 Å². The van der Waals surface area contributed by atoms with Crippen LogP contribution in [0.3, 0.4) is 0 Å². The van der Waals surface area contributed by atoms with E-state index >= 15 is 0 Å². The van der Waals surface area contributed by atoms with E-state index in [9.17, 15) is 4.79 Å². The molecule has 0 saturated heterocycles. The van der Waals surface area contributed by atoms with Crippen LogP contribution in [0.2, 0.25) is 0 Å². The normalized spacial score (nSPS) is 10.7. The van der Waals surface area contributed by atoms with Crippen LogP contribution < -0.4 is 9.64 Å². The van der Waals surface area contributed by atoms with Crippen molar-refractivity contribution in [1.82, 2.24) is 14.8 Å². The molecule has 174 valence electrons. The van der Waals surface area contributed by atoms with Gasteiger partial charge < -0.3 is 14.4 Å². The SMILES string of the molecule is CCOC(=O)c1ccccc1Cn1cc(-c2ccc(CN(C)c3ncccc3OC)cc2)cn1. The van der Waals surface area contributed by atoms with Crippen molar-refractivity contribution >= 4 is 11.8 Å². The van der Waals surface area contributed by atoms with Crippen molar-refractivity contribution in [2.24, 2.45) is 0 Å². The number of anilines is 1. The van der Waals surface area contributed by atoms with Gasteiger partial charge in [0.15, 0.2) is 11.6 Å². The summed E-state index contributed by atoms with van der Waals surface area (Å²) >= 11 is 0. The zero-order valence-electron chi connectivity index (χ0n) is 19.6. The van der Waals surface area contributed by atoms with Gasteiger partial charge in [-0.15, -0.1) is 0 Å². The summed E-state index contributed by atoms with van der Waals surface area (Å²) in [6.07, 6.45) is 5.59. The minimum Gasteiger partial charge on any atom is -0.493 e. The Bertz CT molecular complexity index is 1250. The zero-order chi connectivity index (χ0) is 23.9. The number of hydrogen-bond donors (Lipinski definition) is 0. The largest absolute Gasteiger partial charge is 0.493 e. The van der Waals surface area contributed by atoms with Crippen molar-refractivity contribution in [2.45, 2.75) is 20.0 Å². The summed E-state index contributed by atoms with van der Waals surface area (Å²) in [5.41, 5.74) is 4.69. The maximum Gasteiger partial charge on any atom is 0.338 e. The Morgan fingerprint density at radius 2 is 1.82 bits per heavy atom. The summed E-state index contributed by atoms with van der Waals surface area (Å²) in [4.78, 5) is 18.7. The molecule has 0 unspecified atom stereocenters. The molecule has 0 aliphatic heterocycles. The van der Waals surface area contributed by atoms with Crippen molar-refractivity contribution in [3.63, 3.8) is 0 Å². The van der Waals surface area contributed by atoms with Gasteiger partial charge in [-0.1, -0.05) is 42.5 Å². The molecule has 7 heteroatoms. The Labute approximate surface area is 199 Å². The number of rotatable bonds is 9. The van der Waals surface area contributed by atoms with Crippen molar-refractivity contribution in [3.05, 3.63) is 95.9 Å². The number of benzene rings is 2. The van der Waals surface area contributed by atoms with Gasteiger partial charge in [0.05, 0.1) is 32.0 Å². The molecule has 0 aliphatic rings. The lowest BCUT2D eigenvalue weighted by Gasteiger charge is -2.20. The second kappa shape index (κ2) is 10.7. The third-order valence-corrected chi connectivity index (χ3v) is 5.52. The Morgan fingerprint density at radius 3 is 2.59 bits per heavy atom. The smallest absolute Gasteiger partial charge is 0.338 e. The van der Waals surface area contributed by atoms with E-state index in [0.717, 1.165) is 33.8 Å². The van der Waals surface area contributed by atoms with Crippen molar-refractivity contribution < 1.29 is 14.3 Å². The average molecular weight is 457 g/mol. The number of esters is 1. The highest BCUT2D eigenvalue weighted by atomic mass is 16.5. The van der Waals surface area contributed by atoms with Crippen LogP contribution in [0.5, 0.6) is 5.75 Å². The molecule has 0 amide bonds. The molecule has 7 nitrogen and oxygen atoms in total. The van der Waals surface area contributed by atoms with Gasteiger partial charge in [0.2, 0.25) is 0 Å². The summed E-state index contributed by atoms with van der Waals surface area (Å²) in [6, 6.07) is 19.6. The average Bonchev–Trinajstić information content (AvgIpc) is 3.33. The molecule has 0 N–H and O–H groups in total. The van der Waals surface area contributed by atoms with Crippen LogP contribution in [-0.4, -0.2) is 41.5 Å². The van der Waals surface area contributed by atoms with Gasteiger partial charge in [-0.3, -0.25) is 4.68 Å². The number of methoxy groups -OCH3 is 1. The molecule has 0 atom stereocenters. The van der Waals surface area contributed by atoms with Crippen LogP contribution in [0.15, 0.2) is 79.3 Å². The second-order valence-corrected chi connectivity index (χ2v) is 7.89. The summed E-state index contributed by atoms with van der Waals surface area (Å²) in [5, 5.41) is 4.50. The van der Waals surface area contributed by atoms with Gasteiger partial charge in [0, 0.05) is 31.5 Å². The highest BCUT2D eigenvalue weighted by molar-refractivity contribution is 5.91. The highest BCUT2D eigenvalue weighted by Crippen LogP contribution is 2.26. The standard InChI is InChI=1S/C27H28N4O3/c1-4-34-27(32)24-9-6-5-8-22(24)18-31-19-23(16-29-31)21-13-11-20(12-14-21)17-30(2)26-25(33-3)10-7-15-28-26/h5-16,19H,4,17-18H2,1-3H3. The molecule has 4 rings (SSSR count). The van der Waals surface area contributed by atoms with Gasteiger partial charge in [0.1, 0.15) is 0 Å². The molecular formula is C27H28N4O3. The van der Waals surface area contributed by atoms with Crippen molar-refractivity contribution in [2.75, 3.05) is 25.7 Å². The first-order valence-corrected chi connectivity index (χ1v) is 11.2. The lowest BCUT2D eigenvalue weighted by atomic mass is 10.1. The molecule has 2 heterocycles. The maximum absolute atomic E-state index is 12.3. The molecule has 0 spiro atoms. The van der Waals surface area contributed by atoms with E-state index in [1.165, 1.54) is 0 Å². The molecule has 0 fully saturated rings. The molecule has 0 radical (unpaired) electrons. The fraction of sp³-hybridized carbons (Fsp3) is 0.222. The predicted molar refractivity (Wildman–Crippen MR) is 132 cm³/mol. The highest BCUT2D eigenvalue weighted by Gasteiger charge is 2.13. The first kappa shape index (κ1) is 23.0. The molecule has 2 aromatic carbocycles. The number of aromatic nitrogens is 3. The van der Waals surface area contributed by atoms with Gasteiger partial charge in [-0.25, -0.2) is 9.78 Å². The topological polar surface area (TPSA) is 69.5 Å². The van der Waals surface area contributed by atoms with E-state index < -0.39 is 0 Å². The minimum atomic E-state index is -0.311. The maximum atomic E-state index is 12.3. The van der Waals surface area contributed by atoms with E-state index in [4.69, 9.17) is 9.47 Å². The first-order valence-electron chi connectivity index (χ1n) is 11.2. The third kappa shape index (κ3) is 5.26. The van der Waals surface area contributed by atoms with E-state index in [1.807, 2.05) is 54.5 Å². The number of ether oxygens (including phenoxy) is 2. The zero-order valence-corrected chi connectivity index (χ0v) is 19.6. The lowest BCUT2D eigenvalue weighted by Crippen LogP contribution is -2.18. The summed E-state index contributed by atoms with van der Waals surface area (Å²) in [5.74, 6) is 1.24. The molecule has 4 aromatic rings. The van der Waals surface area contributed by atoms with Crippen LogP contribution in [-0.2, 0) is 17.8 Å². The fourth-order valence-corrected chi connectivity index (χ4v) is 3.82. The van der Waals surface area contributed by atoms with E-state index in [2.05, 4.69) is 39.2 Å². The van der Waals surface area contributed by atoms with Gasteiger partial charge in [0.25, 0.3) is 0 Å². The number of hydrogen-bond acceptors (Lipinski definition) is 6. The van der Waals surface area contributed by atoms with Crippen molar-refractivity contribution in [3.8, 4) is 16.9 Å². The Morgan fingerprint density at radius 1 is 1.03 bits per heavy atom. The molecule has 0 aliphatic carbocycles. The summed E-state index contributed by atoms with van der Waals surface area (Å²) in [7, 11) is 3.65. The number of nitrogens with zero attached hydrogens (tertiary/aromatic N) is 4. The van der Waals surface area contributed by atoms with Gasteiger partial charge >= 0.3 is 5.97 Å². The third-order valence-electron chi connectivity index (χ3n) is 5.52. The summed E-state index contributed by atoms with van der Waals surface area (Å²) < 4.78 is 12.4. The second-order valence-electron chi connectivity index (χ2n) is 7.89. The molecule has 0 saturated carbocycles. The Balaban J connectivity index is 1.45. The quantitative estimate of drug-likeness (QED) is 0.337. The fourth-order valence-electron chi connectivity index (χ4n) is 3.82. The van der Waals surface area contributed by atoms with E-state index in [0.29, 0.717) is 25.3 Å². The van der Waals surface area contributed by atoms with Crippen LogP contribution in [0.4, 0.5) is 5.82 Å². The van der Waals surface area contributed by atoms with Crippen LogP contribution in [0.25, 0.3) is 11.1 Å². The molecular weight excluding hydrogens is 428 g/mol. The number of carbonyl (C=O) groups is 1. The molecule has 34 heavy (non-hydrogen) atoms. The van der Waals surface area contributed by atoms with Crippen molar-refractivity contribution in [1.29, 1.82) is 0 Å². The van der Waals surface area contributed by atoms with Gasteiger partial charge in [-0.2, -0.15) is 5.10 Å². The number of pyridine rings is 1. The monoisotopic (exact) mass is 456 g/mol. The first-order chi connectivity index (χ1) is 16.6. The van der Waals surface area contributed by atoms with Crippen LogP contribution >= 0.6 is 0 Å².